The van der Waals surface area contributed by atoms with E-state index < -0.39 is 0 Å². The molecule has 1 unspecified atom stereocenters. The quantitative estimate of drug-likeness (QED) is 0.720. The van der Waals surface area contributed by atoms with Gasteiger partial charge in [0.15, 0.2) is 0 Å². The molecule has 17 heavy (non-hydrogen) atoms. The Morgan fingerprint density at radius 1 is 1.29 bits per heavy atom. The smallest absolute Gasteiger partial charge is 0.0542 e. The van der Waals surface area contributed by atoms with Crippen LogP contribution in [0.3, 0.4) is 0 Å². The summed E-state index contributed by atoms with van der Waals surface area (Å²) < 4.78 is 0. The highest BCUT2D eigenvalue weighted by Gasteiger charge is 2.08. The zero-order chi connectivity index (χ0) is 12.7. The van der Waals surface area contributed by atoms with Crippen molar-refractivity contribution >= 4 is 35.0 Å². The summed E-state index contributed by atoms with van der Waals surface area (Å²) in [5.74, 6) is 1.03. The molecule has 0 heterocycles. The minimum Gasteiger partial charge on any atom is -0.313 e. The summed E-state index contributed by atoms with van der Waals surface area (Å²) in [7, 11) is 0. The van der Waals surface area contributed by atoms with Crippen molar-refractivity contribution < 1.29 is 0 Å². The van der Waals surface area contributed by atoms with Gasteiger partial charge in [0.2, 0.25) is 0 Å². The van der Waals surface area contributed by atoms with Gasteiger partial charge in [-0.05, 0) is 31.2 Å². The second kappa shape index (κ2) is 8.25. The Bertz CT molecular complexity index is 338. The molecule has 0 fully saturated rings. The normalized spacial score (nSPS) is 12.7. The van der Waals surface area contributed by atoms with Crippen molar-refractivity contribution in [2.24, 2.45) is 0 Å². The summed E-state index contributed by atoms with van der Waals surface area (Å²) in [5, 5.41) is 5.02. The van der Waals surface area contributed by atoms with Crippen LogP contribution in [0.25, 0.3) is 0 Å². The first-order chi connectivity index (χ1) is 8.17. The number of thioether (sulfide) groups is 1. The summed E-state index contributed by atoms with van der Waals surface area (Å²) in [4.78, 5) is 1.07. The van der Waals surface area contributed by atoms with Crippen LogP contribution in [0.15, 0.2) is 23.1 Å². The lowest BCUT2D eigenvalue weighted by Crippen LogP contribution is -2.30. The Morgan fingerprint density at radius 3 is 2.71 bits per heavy atom. The van der Waals surface area contributed by atoms with Gasteiger partial charge in [0, 0.05) is 21.7 Å². The molecule has 1 N–H and O–H groups in total. The molecule has 0 saturated heterocycles. The Hall–Kier alpha value is 0.110. The summed E-state index contributed by atoms with van der Waals surface area (Å²) >= 11 is 13.9. The first kappa shape index (κ1) is 15.2. The van der Waals surface area contributed by atoms with Crippen molar-refractivity contribution in [1.29, 1.82) is 0 Å². The molecule has 0 saturated carbocycles. The predicted molar refractivity (Wildman–Crippen MR) is 79.6 cm³/mol. The molecule has 4 heteroatoms. The number of hydrogen-bond acceptors (Lipinski definition) is 2. The SMILES string of the molecule is CCCC(CSc1cc(Cl)ccc1Cl)NCC. The standard InChI is InChI=1S/C13H19Cl2NS/c1-3-5-11(16-4-2)9-17-13-8-10(14)6-7-12(13)15/h6-8,11,16H,3-5,9H2,1-2H3. The minimum atomic E-state index is 0.546. The van der Waals surface area contributed by atoms with Crippen LogP contribution >= 0.6 is 35.0 Å². The molecule has 0 aliphatic carbocycles. The molecule has 0 amide bonds. The highest BCUT2D eigenvalue weighted by atomic mass is 35.5. The number of halogens is 2. The third-order valence-electron chi connectivity index (χ3n) is 2.46. The lowest BCUT2D eigenvalue weighted by atomic mass is 10.2. The maximum atomic E-state index is 6.13. The molecule has 0 radical (unpaired) electrons. The van der Waals surface area contributed by atoms with Crippen LogP contribution in [0, 0.1) is 0 Å². The number of nitrogens with one attached hydrogen (secondary N) is 1. The monoisotopic (exact) mass is 291 g/mol. The molecule has 1 aromatic carbocycles. The van der Waals surface area contributed by atoms with E-state index in [1.807, 2.05) is 18.2 Å². The van der Waals surface area contributed by atoms with Crippen LogP contribution in [0.2, 0.25) is 10.0 Å². The van der Waals surface area contributed by atoms with Crippen LogP contribution in [0.4, 0.5) is 0 Å². The van der Waals surface area contributed by atoms with Crippen molar-refractivity contribution in [3.63, 3.8) is 0 Å². The minimum absolute atomic E-state index is 0.546. The summed E-state index contributed by atoms with van der Waals surface area (Å²) in [6.07, 6.45) is 2.39. The number of benzene rings is 1. The maximum absolute atomic E-state index is 6.13. The van der Waals surface area contributed by atoms with E-state index in [-0.39, 0.29) is 0 Å². The zero-order valence-electron chi connectivity index (χ0n) is 10.3. The number of hydrogen-bond donors (Lipinski definition) is 1. The highest BCUT2D eigenvalue weighted by Crippen LogP contribution is 2.30. The predicted octanol–water partition coefficient (Wildman–Crippen LogP) is 4.86. The van der Waals surface area contributed by atoms with E-state index in [4.69, 9.17) is 23.2 Å². The molecule has 96 valence electrons. The second-order valence-corrected chi connectivity index (χ2v) is 5.83. The van der Waals surface area contributed by atoms with Crippen molar-refractivity contribution in [2.75, 3.05) is 12.3 Å². The first-order valence-electron chi connectivity index (χ1n) is 5.98. The Labute approximate surface area is 118 Å². The van der Waals surface area contributed by atoms with Gasteiger partial charge in [0.05, 0.1) is 5.02 Å². The lowest BCUT2D eigenvalue weighted by molar-refractivity contribution is 0.531. The molecule has 1 aromatic rings. The van der Waals surface area contributed by atoms with E-state index in [2.05, 4.69) is 19.2 Å². The van der Waals surface area contributed by atoms with Gasteiger partial charge in [-0.3, -0.25) is 0 Å². The average molecular weight is 292 g/mol. The molecule has 1 rings (SSSR count). The van der Waals surface area contributed by atoms with Crippen molar-refractivity contribution in [3.05, 3.63) is 28.2 Å². The summed E-state index contributed by atoms with van der Waals surface area (Å²) in [6.45, 7) is 5.36. The molecular formula is C13H19Cl2NS. The van der Waals surface area contributed by atoms with E-state index in [0.717, 1.165) is 27.2 Å². The highest BCUT2D eigenvalue weighted by molar-refractivity contribution is 7.99. The molecule has 0 aliphatic heterocycles. The Kier molecular flexibility index (Phi) is 7.36. The fourth-order valence-electron chi connectivity index (χ4n) is 1.66. The molecule has 0 aliphatic rings. The van der Waals surface area contributed by atoms with Gasteiger partial charge in [0.25, 0.3) is 0 Å². The van der Waals surface area contributed by atoms with Gasteiger partial charge in [0.1, 0.15) is 0 Å². The summed E-state index contributed by atoms with van der Waals surface area (Å²) in [6, 6.07) is 6.16. The van der Waals surface area contributed by atoms with E-state index in [0.29, 0.717) is 6.04 Å². The topological polar surface area (TPSA) is 12.0 Å². The van der Waals surface area contributed by atoms with Crippen LogP contribution in [0.1, 0.15) is 26.7 Å². The third-order valence-corrected chi connectivity index (χ3v) is 4.36. The molecule has 0 aromatic heterocycles. The summed E-state index contributed by atoms with van der Waals surface area (Å²) in [5.41, 5.74) is 0. The Morgan fingerprint density at radius 2 is 2.06 bits per heavy atom. The average Bonchev–Trinajstić information content (AvgIpc) is 2.30. The lowest BCUT2D eigenvalue weighted by Gasteiger charge is -2.16. The van der Waals surface area contributed by atoms with Gasteiger partial charge in [-0.15, -0.1) is 11.8 Å². The van der Waals surface area contributed by atoms with E-state index in [1.54, 1.807) is 11.8 Å². The van der Waals surface area contributed by atoms with Gasteiger partial charge >= 0.3 is 0 Å². The van der Waals surface area contributed by atoms with Crippen molar-refractivity contribution in [1.82, 2.24) is 5.32 Å². The van der Waals surface area contributed by atoms with Gasteiger partial charge in [-0.2, -0.15) is 0 Å². The fraction of sp³-hybridized carbons (Fsp3) is 0.538. The Balaban J connectivity index is 2.55. The van der Waals surface area contributed by atoms with Crippen LogP contribution in [-0.4, -0.2) is 18.3 Å². The first-order valence-corrected chi connectivity index (χ1v) is 7.72. The third kappa shape index (κ3) is 5.52. The van der Waals surface area contributed by atoms with Crippen LogP contribution < -0.4 is 5.32 Å². The van der Waals surface area contributed by atoms with Crippen molar-refractivity contribution in [2.45, 2.75) is 37.6 Å². The van der Waals surface area contributed by atoms with Gasteiger partial charge < -0.3 is 5.32 Å². The fourth-order valence-corrected chi connectivity index (χ4v) is 3.26. The molecule has 0 bridgehead atoms. The van der Waals surface area contributed by atoms with E-state index >= 15 is 0 Å². The second-order valence-electron chi connectivity index (χ2n) is 3.93. The van der Waals surface area contributed by atoms with Gasteiger partial charge in [-0.25, -0.2) is 0 Å². The largest absolute Gasteiger partial charge is 0.313 e. The molecule has 0 spiro atoms. The van der Waals surface area contributed by atoms with Crippen molar-refractivity contribution in [3.8, 4) is 0 Å². The van der Waals surface area contributed by atoms with E-state index in [9.17, 15) is 0 Å². The molecule has 1 nitrogen and oxygen atoms in total. The van der Waals surface area contributed by atoms with E-state index in [1.165, 1.54) is 12.8 Å². The maximum Gasteiger partial charge on any atom is 0.0542 e. The van der Waals surface area contributed by atoms with Crippen LogP contribution in [0.5, 0.6) is 0 Å². The van der Waals surface area contributed by atoms with Crippen LogP contribution in [-0.2, 0) is 0 Å². The molecular weight excluding hydrogens is 273 g/mol. The zero-order valence-corrected chi connectivity index (χ0v) is 12.6. The number of rotatable bonds is 7. The van der Waals surface area contributed by atoms with Gasteiger partial charge in [-0.1, -0.05) is 43.5 Å². The molecule has 1 atom stereocenters.